The van der Waals surface area contributed by atoms with Gasteiger partial charge in [0.25, 0.3) is 0 Å². The lowest BCUT2D eigenvalue weighted by Crippen LogP contribution is -2.41. The topological polar surface area (TPSA) is 79.9 Å². The molecule has 0 saturated carbocycles. The first kappa shape index (κ1) is 18.3. The van der Waals surface area contributed by atoms with E-state index in [-0.39, 0.29) is 24.5 Å². The minimum Gasteiger partial charge on any atom is -0.454 e. The fourth-order valence-electron chi connectivity index (χ4n) is 3.50. The summed E-state index contributed by atoms with van der Waals surface area (Å²) in [6.45, 7) is 2.00. The van der Waals surface area contributed by atoms with E-state index in [4.69, 9.17) is 9.47 Å². The summed E-state index contributed by atoms with van der Waals surface area (Å²) in [4.78, 5) is 26.8. The van der Waals surface area contributed by atoms with Crippen LogP contribution in [0.2, 0.25) is 0 Å². The van der Waals surface area contributed by atoms with Crippen molar-refractivity contribution in [3.05, 3.63) is 48.5 Å². The normalized spacial score (nSPS) is 16.6. The standard InChI is InChI=1S/C21H23N3O4/c25-20(22-16-4-2-1-3-5-16)13-24-10-8-15(9-11-24)21(26)23-17-6-7-18-19(12-17)28-14-27-18/h1-7,12,15H,8-11,13-14H2,(H,22,25)(H,23,26). The molecular formula is C21H23N3O4. The first-order chi connectivity index (χ1) is 13.7. The van der Waals surface area contributed by atoms with Crippen molar-refractivity contribution in [2.24, 2.45) is 5.92 Å². The molecule has 0 aliphatic carbocycles. The summed E-state index contributed by atoms with van der Waals surface area (Å²) < 4.78 is 10.6. The highest BCUT2D eigenvalue weighted by Crippen LogP contribution is 2.34. The van der Waals surface area contributed by atoms with Crippen molar-refractivity contribution in [1.29, 1.82) is 0 Å². The molecule has 1 saturated heterocycles. The van der Waals surface area contributed by atoms with E-state index in [0.29, 0.717) is 23.7 Å². The summed E-state index contributed by atoms with van der Waals surface area (Å²) in [6, 6.07) is 14.8. The van der Waals surface area contributed by atoms with E-state index in [9.17, 15) is 9.59 Å². The highest BCUT2D eigenvalue weighted by atomic mass is 16.7. The van der Waals surface area contributed by atoms with Crippen molar-refractivity contribution in [2.75, 3.05) is 37.1 Å². The highest BCUT2D eigenvalue weighted by Gasteiger charge is 2.26. The molecule has 0 radical (unpaired) electrons. The Morgan fingerprint density at radius 2 is 1.68 bits per heavy atom. The second kappa shape index (κ2) is 8.31. The van der Waals surface area contributed by atoms with Crippen LogP contribution in [-0.4, -0.2) is 43.1 Å². The molecule has 2 aromatic carbocycles. The lowest BCUT2D eigenvalue weighted by atomic mass is 9.95. The number of carbonyl (C=O) groups is 2. The molecule has 2 aliphatic rings. The van der Waals surface area contributed by atoms with Crippen LogP contribution in [0.25, 0.3) is 0 Å². The Kier molecular flexibility index (Phi) is 5.43. The van der Waals surface area contributed by atoms with Gasteiger partial charge < -0.3 is 20.1 Å². The van der Waals surface area contributed by atoms with Crippen LogP contribution >= 0.6 is 0 Å². The Bertz CT molecular complexity index is 848. The molecule has 2 aliphatic heterocycles. The van der Waals surface area contributed by atoms with Gasteiger partial charge in [-0.2, -0.15) is 0 Å². The number of anilines is 2. The maximum absolute atomic E-state index is 12.6. The largest absolute Gasteiger partial charge is 0.454 e. The number of piperidine rings is 1. The molecule has 7 heteroatoms. The lowest BCUT2D eigenvalue weighted by molar-refractivity contribution is -0.121. The Labute approximate surface area is 163 Å². The number of benzene rings is 2. The summed E-state index contributed by atoms with van der Waals surface area (Å²) in [5.41, 5.74) is 1.50. The van der Waals surface area contributed by atoms with Gasteiger partial charge in [-0.05, 0) is 50.2 Å². The van der Waals surface area contributed by atoms with Crippen molar-refractivity contribution < 1.29 is 19.1 Å². The van der Waals surface area contributed by atoms with E-state index in [1.165, 1.54) is 0 Å². The number of rotatable bonds is 5. The van der Waals surface area contributed by atoms with E-state index in [2.05, 4.69) is 15.5 Å². The number of carbonyl (C=O) groups excluding carboxylic acids is 2. The van der Waals surface area contributed by atoms with Gasteiger partial charge in [-0.15, -0.1) is 0 Å². The van der Waals surface area contributed by atoms with E-state index in [0.717, 1.165) is 31.6 Å². The summed E-state index contributed by atoms with van der Waals surface area (Å²) in [5.74, 6) is 1.26. The summed E-state index contributed by atoms with van der Waals surface area (Å²) in [6.07, 6.45) is 1.46. The molecule has 7 nitrogen and oxygen atoms in total. The van der Waals surface area contributed by atoms with Crippen LogP contribution in [-0.2, 0) is 9.59 Å². The van der Waals surface area contributed by atoms with Gasteiger partial charge in [-0.3, -0.25) is 14.5 Å². The van der Waals surface area contributed by atoms with E-state index in [1.807, 2.05) is 36.4 Å². The van der Waals surface area contributed by atoms with Gasteiger partial charge >= 0.3 is 0 Å². The van der Waals surface area contributed by atoms with Crippen molar-refractivity contribution >= 4 is 23.2 Å². The third-order valence-corrected chi connectivity index (χ3v) is 5.02. The number of para-hydroxylation sites is 1. The zero-order chi connectivity index (χ0) is 19.3. The number of nitrogens with one attached hydrogen (secondary N) is 2. The minimum atomic E-state index is -0.0566. The molecule has 2 aromatic rings. The monoisotopic (exact) mass is 381 g/mol. The van der Waals surface area contributed by atoms with Crippen LogP contribution < -0.4 is 20.1 Å². The molecular weight excluding hydrogens is 358 g/mol. The molecule has 2 heterocycles. The number of nitrogens with zero attached hydrogens (tertiary/aromatic N) is 1. The minimum absolute atomic E-state index is 0.00672. The average Bonchev–Trinajstić information content (AvgIpc) is 3.17. The van der Waals surface area contributed by atoms with Crippen molar-refractivity contribution in [2.45, 2.75) is 12.8 Å². The highest BCUT2D eigenvalue weighted by molar-refractivity contribution is 5.93. The van der Waals surface area contributed by atoms with Crippen LogP contribution in [0, 0.1) is 5.92 Å². The Morgan fingerprint density at radius 1 is 0.929 bits per heavy atom. The van der Waals surface area contributed by atoms with E-state index >= 15 is 0 Å². The molecule has 0 aromatic heterocycles. The van der Waals surface area contributed by atoms with Gasteiger partial charge in [-0.1, -0.05) is 18.2 Å². The number of ether oxygens (including phenoxy) is 2. The third kappa shape index (κ3) is 4.43. The van der Waals surface area contributed by atoms with Gasteiger partial charge in [0.15, 0.2) is 11.5 Å². The predicted molar refractivity (Wildman–Crippen MR) is 105 cm³/mol. The SMILES string of the molecule is O=C(CN1CCC(C(=O)Nc2ccc3c(c2)OCO3)CC1)Nc1ccccc1. The summed E-state index contributed by atoms with van der Waals surface area (Å²) >= 11 is 0. The predicted octanol–water partition coefficient (Wildman–Crippen LogP) is 2.70. The molecule has 0 atom stereocenters. The van der Waals surface area contributed by atoms with Crippen molar-refractivity contribution in [3.8, 4) is 11.5 Å². The zero-order valence-electron chi connectivity index (χ0n) is 15.5. The molecule has 0 spiro atoms. The fourth-order valence-corrected chi connectivity index (χ4v) is 3.50. The van der Waals surface area contributed by atoms with Crippen LogP contribution in [0.5, 0.6) is 11.5 Å². The fraction of sp³-hybridized carbons (Fsp3) is 0.333. The number of likely N-dealkylation sites (tertiary alicyclic amines) is 1. The first-order valence-electron chi connectivity index (χ1n) is 9.45. The van der Waals surface area contributed by atoms with Crippen LogP contribution in [0.15, 0.2) is 48.5 Å². The molecule has 146 valence electrons. The molecule has 0 bridgehead atoms. The second-order valence-electron chi connectivity index (χ2n) is 7.02. The van der Waals surface area contributed by atoms with Crippen LogP contribution in [0.4, 0.5) is 11.4 Å². The molecule has 2 amide bonds. The summed E-state index contributed by atoms with van der Waals surface area (Å²) in [5, 5.41) is 5.85. The van der Waals surface area contributed by atoms with Crippen molar-refractivity contribution in [3.63, 3.8) is 0 Å². The molecule has 0 unspecified atom stereocenters. The quantitative estimate of drug-likeness (QED) is 0.833. The third-order valence-electron chi connectivity index (χ3n) is 5.02. The lowest BCUT2D eigenvalue weighted by Gasteiger charge is -2.30. The Morgan fingerprint density at radius 3 is 2.46 bits per heavy atom. The van der Waals surface area contributed by atoms with Gasteiger partial charge in [0.2, 0.25) is 18.6 Å². The maximum Gasteiger partial charge on any atom is 0.238 e. The smallest absolute Gasteiger partial charge is 0.238 e. The number of amides is 2. The van der Waals surface area contributed by atoms with Crippen LogP contribution in [0.1, 0.15) is 12.8 Å². The Hall–Kier alpha value is -3.06. The zero-order valence-corrected chi connectivity index (χ0v) is 15.5. The number of hydrogen-bond acceptors (Lipinski definition) is 5. The molecule has 28 heavy (non-hydrogen) atoms. The van der Waals surface area contributed by atoms with Gasteiger partial charge in [0.1, 0.15) is 0 Å². The van der Waals surface area contributed by atoms with Crippen molar-refractivity contribution in [1.82, 2.24) is 4.90 Å². The molecule has 4 rings (SSSR count). The first-order valence-corrected chi connectivity index (χ1v) is 9.45. The van der Waals surface area contributed by atoms with Gasteiger partial charge in [0.05, 0.1) is 6.54 Å². The van der Waals surface area contributed by atoms with E-state index in [1.54, 1.807) is 12.1 Å². The van der Waals surface area contributed by atoms with Gasteiger partial charge in [-0.25, -0.2) is 0 Å². The van der Waals surface area contributed by atoms with E-state index < -0.39 is 0 Å². The Balaban J connectivity index is 1.23. The molecule has 2 N–H and O–H groups in total. The van der Waals surface area contributed by atoms with Gasteiger partial charge in [0, 0.05) is 23.4 Å². The maximum atomic E-state index is 12.6. The average molecular weight is 381 g/mol. The summed E-state index contributed by atoms with van der Waals surface area (Å²) in [7, 11) is 0. The number of fused-ring (bicyclic) bond motifs is 1. The number of hydrogen-bond donors (Lipinski definition) is 2. The molecule has 1 fully saturated rings. The second-order valence-corrected chi connectivity index (χ2v) is 7.02. The van der Waals surface area contributed by atoms with Crippen LogP contribution in [0.3, 0.4) is 0 Å².